The van der Waals surface area contributed by atoms with Gasteiger partial charge in [0.2, 0.25) is 5.03 Å². The lowest BCUT2D eigenvalue weighted by atomic mass is 10.1. The first-order chi connectivity index (χ1) is 12.6. The summed E-state index contributed by atoms with van der Waals surface area (Å²) in [5.41, 5.74) is 0.948. The molecule has 9 heteroatoms. The third-order valence-electron chi connectivity index (χ3n) is 3.55. The first-order valence-corrected chi connectivity index (χ1v) is 10.7. The lowest BCUT2D eigenvalue weighted by molar-refractivity contribution is 0.336. The van der Waals surface area contributed by atoms with Gasteiger partial charge in [0.25, 0.3) is 0 Å². The molecular weight excluding hydrogens is 386 g/mol. The lowest BCUT2D eigenvalue weighted by Gasteiger charge is -2.23. The second kappa shape index (κ2) is 8.84. The Labute approximate surface area is 165 Å². The molecule has 2 rings (SSSR count). The van der Waals surface area contributed by atoms with Crippen LogP contribution in [0.3, 0.4) is 0 Å². The van der Waals surface area contributed by atoms with Crippen LogP contribution in [0.15, 0.2) is 27.6 Å². The Bertz CT molecular complexity index is 938. The van der Waals surface area contributed by atoms with E-state index in [1.807, 2.05) is 17.9 Å². The topological polar surface area (TPSA) is 79.9 Å². The van der Waals surface area contributed by atoms with Crippen molar-refractivity contribution in [1.82, 2.24) is 19.5 Å². The standard InChI is InChI=1S/C18H26ClN5O2S/c1-6-7-15-8-9-16-21-17(19)18(24(16)22-15)27(25,26)20-12-23(10-13(2)3)11-14(4)5/h6-9,12-14H,10-11H2,1-5H3/b7-6+,20-12+. The van der Waals surface area contributed by atoms with Gasteiger partial charge in [0.05, 0.1) is 5.69 Å². The second-order valence-corrected chi connectivity index (χ2v) is 9.08. The van der Waals surface area contributed by atoms with Gasteiger partial charge >= 0.3 is 10.0 Å². The Kier molecular flexibility index (Phi) is 7.00. The molecular formula is C18H26ClN5O2S. The van der Waals surface area contributed by atoms with E-state index in [-0.39, 0.29) is 10.2 Å². The largest absolute Gasteiger partial charge is 0.361 e. The molecule has 0 spiro atoms. The zero-order valence-electron chi connectivity index (χ0n) is 16.3. The average Bonchev–Trinajstić information content (AvgIpc) is 2.88. The second-order valence-electron chi connectivity index (χ2n) is 7.17. The fraction of sp³-hybridized carbons (Fsp3) is 0.500. The molecule has 0 fully saturated rings. The Balaban J connectivity index is 2.45. The minimum absolute atomic E-state index is 0.142. The smallest absolute Gasteiger partial charge is 0.304 e. The summed E-state index contributed by atoms with van der Waals surface area (Å²) < 4.78 is 30.8. The molecule has 0 aromatic carbocycles. The number of fused-ring (bicyclic) bond motifs is 1. The summed E-state index contributed by atoms with van der Waals surface area (Å²) in [4.78, 5) is 5.99. The van der Waals surface area contributed by atoms with Crippen LogP contribution in [0.1, 0.15) is 40.3 Å². The molecule has 0 N–H and O–H groups in total. The number of hydrogen-bond donors (Lipinski definition) is 0. The predicted octanol–water partition coefficient (Wildman–Crippen LogP) is 3.75. The van der Waals surface area contributed by atoms with Crippen molar-refractivity contribution >= 4 is 39.7 Å². The number of sulfonamides is 1. The van der Waals surface area contributed by atoms with Crippen molar-refractivity contribution < 1.29 is 8.42 Å². The molecule has 2 aromatic rings. The summed E-state index contributed by atoms with van der Waals surface area (Å²) in [5, 5.41) is 3.92. The number of hydrogen-bond acceptors (Lipinski definition) is 4. The maximum absolute atomic E-state index is 12.8. The average molecular weight is 412 g/mol. The first-order valence-electron chi connectivity index (χ1n) is 8.86. The molecule has 0 saturated heterocycles. The van der Waals surface area contributed by atoms with Crippen LogP contribution in [0.2, 0.25) is 5.15 Å². The van der Waals surface area contributed by atoms with E-state index in [0.717, 1.165) is 0 Å². The van der Waals surface area contributed by atoms with E-state index >= 15 is 0 Å². The number of imidazole rings is 1. The van der Waals surface area contributed by atoms with Crippen molar-refractivity contribution in [2.75, 3.05) is 13.1 Å². The quantitative estimate of drug-likeness (QED) is 0.488. The van der Waals surface area contributed by atoms with E-state index in [1.165, 1.54) is 10.9 Å². The number of nitrogens with zero attached hydrogens (tertiary/aromatic N) is 5. The van der Waals surface area contributed by atoms with Crippen LogP contribution in [-0.2, 0) is 10.0 Å². The third-order valence-corrected chi connectivity index (χ3v) is 5.15. The summed E-state index contributed by atoms with van der Waals surface area (Å²) in [6, 6.07) is 3.41. The van der Waals surface area contributed by atoms with Crippen molar-refractivity contribution in [3.8, 4) is 0 Å². The van der Waals surface area contributed by atoms with Gasteiger partial charge in [-0.25, -0.2) is 4.98 Å². The molecule has 0 atom stereocenters. The highest BCUT2D eigenvalue weighted by atomic mass is 35.5. The van der Waals surface area contributed by atoms with Gasteiger partial charge in [-0.15, -0.1) is 4.40 Å². The van der Waals surface area contributed by atoms with Crippen LogP contribution >= 0.6 is 11.6 Å². The normalized spacial score (nSPS) is 13.0. The highest BCUT2D eigenvalue weighted by Crippen LogP contribution is 2.24. The lowest BCUT2D eigenvalue weighted by Crippen LogP contribution is -2.30. The summed E-state index contributed by atoms with van der Waals surface area (Å²) in [5.74, 6) is 0.754. The van der Waals surface area contributed by atoms with Crippen LogP contribution in [0.25, 0.3) is 11.7 Å². The fourth-order valence-electron chi connectivity index (χ4n) is 2.66. The van der Waals surface area contributed by atoms with Gasteiger partial charge in [-0.2, -0.15) is 18.0 Å². The minimum Gasteiger partial charge on any atom is -0.361 e. The van der Waals surface area contributed by atoms with E-state index in [4.69, 9.17) is 11.6 Å². The SMILES string of the molecule is C/C=C/c1ccc2nc(Cl)c(S(=O)(=O)/N=C/N(CC(C)C)CC(C)C)n2n1. The van der Waals surface area contributed by atoms with E-state index in [1.54, 1.807) is 18.2 Å². The maximum atomic E-state index is 12.8. The molecule has 0 aliphatic rings. The Morgan fingerprint density at radius 1 is 1.22 bits per heavy atom. The van der Waals surface area contributed by atoms with Crippen molar-refractivity contribution in [1.29, 1.82) is 0 Å². The van der Waals surface area contributed by atoms with E-state index in [0.29, 0.717) is 36.3 Å². The molecule has 0 amide bonds. The van der Waals surface area contributed by atoms with E-state index < -0.39 is 10.0 Å². The van der Waals surface area contributed by atoms with Gasteiger partial charge in [0.1, 0.15) is 6.34 Å². The molecule has 0 bridgehead atoms. The molecule has 0 aliphatic heterocycles. The van der Waals surface area contributed by atoms with Gasteiger partial charge in [0.15, 0.2) is 10.8 Å². The van der Waals surface area contributed by atoms with Gasteiger partial charge in [-0.05, 0) is 37.0 Å². The molecule has 27 heavy (non-hydrogen) atoms. The molecule has 2 aromatic heterocycles. The van der Waals surface area contributed by atoms with Crippen molar-refractivity contribution in [3.63, 3.8) is 0 Å². The monoisotopic (exact) mass is 411 g/mol. The van der Waals surface area contributed by atoms with Gasteiger partial charge in [-0.1, -0.05) is 45.4 Å². The predicted molar refractivity (Wildman–Crippen MR) is 110 cm³/mol. The highest BCUT2D eigenvalue weighted by Gasteiger charge is 2.25. The van der Waals surface area contributed by atoms with Crippen LogP contribution in [0.4, 0.5) is 0 Å². The van der Waals surface area contributed by atoms with Crippen LogP contribution in [0.5, 0.6) is 0 Å². The van der Waals surface area contributed by atoms with E-state index in [9.17, 15) is 8.42 Å². The molecule has 0 radical (unpaired) electrons. The number of rotatable bonds is 8. The van der Waals surface area contributed by atoms with Crippen molar-refractivity contribution in [3.05, 3.63) is 29.1 Å². The molecule has 0 aliphatic carbocycles. The molecule has 0 unspecified atom stereocenters. The minimum atomic E-state index is -4.06. The van der Waals surface area contributed by atoms with Crippen LogP contribution in [-0.4, -0.2) is 47.3 Å². The zero-order chi connectivity index (χ0) is 20.2. The maximum Gasteiger partial charge on any atom is 0.304 e. The van der Waals surface area contributed by atoms with Crippen molar-refractivity contribution in [2.24, 2.45) is 16.2 Å². The Hall–Kier alpha value is -1.93. The first kappa shape index (κ1) is 21.4. The number of allylic oxidation sites excluding steroid dienone is 1. The highest BCUT2D eigenvalue weighted by molar-refractivity contribution is 7.90. The molecule has 0 saturated carbocycles. The summed E-state index contributed by atoms with van der Waals surface area (Å²) in [7, 11) is -4.06. The molecule has 7 nitrogen and oxygen atoms in total. The fourth-order valence-corrected chi connectivity index (χ4v) is 4.09. The number of halogens is 1. The Morgan fingerprint density at radius 2 is 1.85 bits per heavy atom. The Morgan fingerprint density at radius 3 is 2.41 bits per heavy atom. The molecule has 148 valence electrons. The van der Waals surface area contributed by atoms with Crippen LogP contribution in [0, 0.1) is 11.8 Å². The molecule has 2 heterocycles. The van der Waals surface area contributed by atoms with Gasteiger partial charge in [-0.3, -0.25) is 0 Å². The van der Waals surface area contributed by atoms with Gasteiger partial charge < -0.3 is 4.90 Å². The van der Waals surface area contributed by atoms with E-state index in [2.05, 4.69) is 42.2 Å². The summed E-state index contributed by atoms with van der Waals surface area (Å²) >= 11 is 6.11. The number of aromatic nitrogens is 3. The zero-order valence-corrected chi connectivity index (χ0v) is 17.9. The van der Waals surface area contributed by atoms with Crippen LogP contribution < -0.4 is 0 Å². The third kappa shape index (κ3) is 5.52. The van der Waals surface area contributed by atoms with Crippen molar-refractivity contribution in [2.45, 2.75) is 39.6 Å². The summed E-state index contributed by atoms with van der Waals surface area (Å²) in [6.45, 7) is 11.6. The van der Waals surface area contributed by atoms with Gasteiger partial charge in [0, 0.05) is 13.1 Å². The summed E-state index contributed by atoms with van der Waals surface area (Å²) in [6.07, 6.45) is 4.95.